The topological polar surface area (TPSA) is 97.3 Å². The van der Waals surface area contributed by atoms with E-state index >= 15 is 0 Å². The van der Waals surface area contributed by atoms with Crippen LogP contribution in [-0.4, -0.2) is 47.0 Å². The lowest BCUT2D eigenvalue weighted by Crippen LogP contribution is -2.44. The van der Waals surface area contributed by atoms with Crippen LogP contribution in [0.25, 0.3) is 0 Å². The molecule has 0 bridgehead atoms. The normalized spacial score (nSPS) is 23.3. The molecule has 0 radical (unpaired) electrons. The standard InChI is InChI=1S/C22H22F3N5O3S2/c23-22(24,25)14-6-9-30(19(11-14)17-3-1-2-8-26-17)18-7-10-33-20-12-15(4-5-16(18)20)35(31,32)29-21-27-13-28-34-21/h1-5,8,12-14,18-19H,6-7,9-11H2,(H,27,28,29)/t14-,18?,19+/m1/s1. The van der Waals surface area contributed by atoms with Crippen molar-refractivity contribution in [1.29, 1.82) is 0 Å². The second kappa shape index (κ2) is 9.36. The number of anilines is 1. The van der Waals surface area contributed by atoms with Gasteiger partial charge in [0.05, 0.1) is 29.2 Å². The highest BCUT2D eigenvalue weighted by Crippen LogP contribution is 2.47. The Morgan fingerprint density at radius 3 is 2.69 bits per heavy atom. The van der Waals surface area contributed by atoms with Crippen LogP contribution in [-0.2, 0) is 10.0 Å². The van der Waals surface area contributed by atoms with Gasteiger partial charge in [0.1, 0.15) is 12.1 Å². The highest BCUT2D eigenvalue weighted by atomic mass is 32.2. The van der Waals surface area contributed by atoms with E-state index in [1.807, 2.05) is 0 Å². The van der Waals surface area contributed by atoms with Gasteiger partial charge >= 0.3 is 6.18 Å². The third-order valence-corrected chi connectivity index (χ3v) is 8.47. The molecule has 2 aliphatic rings. The fourth-order valence-corrected chi connectivity index (χ4v) is 6.45. The molecule has 1 saturated heterocycles. The largest absolute Gasteiger partial charge is 0.493 e. The molecule has 5 rings (SSSR count). The van der Waals surface area contributed by atoms with Crippen molar-refractivity contribution in [2.75, 3.05) is 17.9 Å². The van der Waals surface area contributed by atoms with E-state index in [1.165, 1.54) is 18.5 Å². The van der Waals surface area contributed by atoms with Gasteiger partial charge in [0.2, 0.25) is 5.13 Å². The summed E-state index contributed by atoms with van der Waals surface area (Å²) in [6.45, 7) is 0.563. The van der Waals surface area contributed by atoms with E-state index in [1.54, 1.807) is 30.5 Å². The Kier molecular flexibility index (Phi) is 6.40. The minimum absolute atomic E-state index is 0.00223. The van der Waals surface area contributed by atoms with Gasteiger partial charge in [-0.05, 0) is 31.0 Å². The van der Waals surface area contributed by atoms with Gasteiger partial charge in [0, 0.05) is 48.4 Å². The van der Waals surface area contributed by atoms with Crippen molar-refractivity contribution in [2.24, 2.45) is 5.92 Å². The van der Waals surface area contributed by atoms with E-state index in [2.05, 4.69) is 24.0 Å². The van der Waals surface area contributed by atoms with Crippen molar-refractivity contribution in [1.82, 2.24) is 19.2 Å². The summed E-state index contributed by atoms with van der Waals surface area (Å²) in [5.74, 6) is -0.997. The van der Waals surface area contributed by atoms with Crippen LogP contribution in [0.4, 0.5) is 18.3 Å². The maximum Gasteiger partial charge on any atom is 0.391 e. The smallest absolute Gasteiger partial charge is 0.391 e. The number of halogens is 3. The molecule has 2 aromatic heterocycles. The first-order valence-corrected chi connectivity index (χ1v) is 13.3. The average Bonchev–Trinajstić information content (AvgIpc) is 3.35. The van der Waals surface area contributed by atoms with Crippen molar-refractivity contribution < 1.29 is 26.3 Å². The van der Waals surface area contributed by atoms with Crippen LogP contribution in [0.3, 0.4) is 0 Å². The SMILES string of the molecule is O=S(=O)(Nc1ncns1)c1ccc2c(c1)OCCC2N1CC[C@@H](C(F)(F)F)C[C@H]1c1ccccn1. The fourth-order valence-electron chi connectivity index (χ4n) is 4.77. The molecule has 1 N–H and O–H groups in total. The molecule has 0 saturated carbocycles. The lowest BCUT2D eigenvalue weighted by molar-refractivity contribution is -0.192. The number of likely N-dealkylation sites (tertiary alicyclic amines) is 1. The minimum atomic E-state index is -4.27. The number of hydrogen-bond donors (Lipinski definition) is 1. The number of piperidine rings is 1. The molecule has 4 heterocycles. The van der Waals surface area contributed by atoms with Gasteiger partial charge in [0.25, 0.3) is 10.0 Å². The number of nitrogens with zero attached hydrogens (tertiary/aromatic N) is 4. The lowest BCUT2D eigenvalue weighted by Gasteiger charge is -2.45. The predicted molar refractivity (Wildman–Crippen MR) is 122 cm³/mol. The van der Waals surface area contributed by atoms with Crippen molar-refractivity contribution in [3.05, 3.63) is 60.2 Å². The highest BCUT2D eigenvalue weighted by molar-refractivity contribution is 7.93. The zero-order valence-electron chi connectivity index (χ0n) is 18.4. The van der Waals surface area contributed by atoms with Gasteiger partial charge in [-0.3, -0.25) is 14.6 Å². The Morgan fingerprint density at radius 1 is 1.11 bits per heavy atom. The maximum atomic E-state index is 13.6. The molecule has 1 unspecified atom stereocenters. The van der Waals surface area contributed by atoms with Gasteiger partial charge in [-0.1, -0.05) is 12.1 Å². The minimum Gasteiger partial charge on any atom is -0.493 e. The summed E-state index contributed by atoms with van der Waals surface area (Å²) in [5.41, 5.74) is 1.34. The monoisotopic (exact) mass is 525 g/mol. The first-order valence-electron chi connectivity index (χ1n) is 11.0. The summed E-state index contributed by atoms with van der Waals surface area (Å²) in [5, 5.41) is 0.146. The summed E-state index contributed by atoms with van der Waals surface area (Å²) in [6.07, 6.45) is -0.935. The van der Waals surface area contributed by atoms with Crippen molar-refractivity contribution >= 4 is 26.7 Å². The Bertz CT molecular complexity index is 1270. The Morgan fingerprint density at radius 2 is 1.97 bits per heavy atom. The van der Waals surface area contributed by atoms with E-state index in [9.17, 15) is 21.6 Å². The second-order valence-corrected chi connectivity index (χ2v) is 10.9. The Labute approximate surface area is 204 Å². The van der Waals surface area contributed by atoms with Gasteiger partial charge in [-0.2, -0.15) is 17.5 Å². The van der Waals surface area contributed by atoms with Crippen LogP contribution in [0.15, 0.2) is 53.8 Å². The van der Waals surface area contributed by atoms with Crippen LogP contribution in [0, 0.1) is 5.92 Å². The lowest BCUT2D eigenvalue weighted by atomic mass is 9.85. The molecule has 0 amide bonds. The van der Waals surface area contributed by atoms with Gasteiger partial charge in [-0.15, -0.1) is 0 Å². The zero-order chi connectivity index (χ0) is 24.6. The summed E-state index contributed by atoms with van der Waals surface area (Å²) >= 11 is 0.917. The molecule has 35 heavy (non-hydrogen) atoms. The molecular weight excluding hydrogens is 503 g/mol. The number of alkyl halides is 3. The molecule has 3 atom stereocenters. The zero-order valence-corrected chi connectivity index (χ0v) is 20.0. The van der Waals surface area contributed by atoms with Crippen LogP contribution < -0.4 is 9.46 Å². The molecule has 1 aromatic carbocycles. The third kappa shape index (κ3) is 4.98. The van der Waals surface area contributed by atoms with E-state index in [-0.39, 0.29) is 35.5 Å². The van der Waals surface area contributed by atoms with Gasteiger partial charge < -0.3 is 4.74 Å². The number of fused-ring (bicyclic) bond motifs is 1. The first-order chi connectivity index (χ1) is 16.7. The van der Waals surface area contributed by atoms with E-state index < -0.39 is 28.2 Å². The van der Waals surface area contributed by atoms with Crippen molar-refractivity contribution in [3.8, 4) is 5.75 Å². The number of aromatic nitrogens is 3. The molecule has 3 aromatic rings. The average molecular weight is 526 g/mol. The number of sulfonamides is 1. The molecule has 2 aliphatic heterocycles. The number of nitrogens with one attached hydrogen (secondary N) is 1. The maximum absolute atomic E-state index is 13.6. The van der Waals surface area contributed by atoms with Gasteiger partial charge in [-0.25, -0.2) is 13.4 Å². The highest BCUT2D eigenvalue weighted by Gasteiger charge is 2.47. The third-order valence-electron chi connectivity index (χ3n) is 6.42. The molecule has 8 nitrogen and oxygen atoms in total. The first kappa shape index (κ1) is 23.9. The van der Waals surface area contributed by atoms with Crippen molar-refractivity contribution in [3.63, 3.8) is 0 Å². The quantitative estimate of drug-likeness (QED) is 0.521. The molecule has 1 fully saturated rings. The van der Waals surface area contributed by atoms with E-state index in [4.69, 9.17) is 4.74 Å². The molecular formula is C22H22F3N5O3S2. The van der Waals surface area contributed by atoms with Crippen LogP contribution in [0.1, 0.15) is 42.6 Å². The second-order valence-electron chi connectivity index (χ2n) is 8.48. The van der Waals surface area contributed by atoms with Gasteiger partial charge in [0.15, 0.2) is 0 Å². The predicted octanol–water partition coefficient (Wildman–Crippen LogP) is 4.57. The molecule has 0 spiro atoms. The molecule has 186 valence electrons. The molecule has 0 aliphatic carbocycles. The van der Waals surface area contributed by atoms with Crippen LogP contribution in [0.2, 0.25) is 0 Å². The number of rotatable bonds is 5. The Hall–Kier alpha value is -2.77. The van der Waals surface area contributed by atoms with E-state index in [0.717, 1.165) is 17.1 Å². The number of benzene rings is 1. The van der Waals surface area contributed by atoms with Crippen LogP contribution in [0.5, 0.6) is 5.75 Å². The summed E-state index contributed by atoms with van der Waals surface area (Å²) in [6, 6.07) is 9.12. The number of hydrogen-bond acceptors (Lipinski definition) is 8. The summed E-state index contributed by atoms with van der Waals surface area (Å²) in [7, 11) is -3.91. The van der Waals surface area contributed by atoms with Crippen molar-refractivity contribution in [2.45, 2.75) is 42.4 Å². The fraction of sp³-hybridized carbons (Fsp3) is 0.409. The van der Waals surface area contributed by atoms with Crippen LogP contribution >= 0.6 is 11.5 Å². The summed E-state index contributed by atoms with van der Waals surface area (Å²) < 4.78 is 78.3. The summed E-state index contributed by atoms with van der Waals surface area (Å²) in [4.78, 5) is 10.3. The Balaban J connectivity index is 1.46. The number of ether oxygens (including phenoxy) is 1. The number of pyridine rings is 1. The molecule has 13 heteroatoms. The van der Waals surface area contributed by atoms with E-state index in [0.29, 0.717) is 24.5 Å².